The fourth-order valence-electron chi connectivity index (χ4n) is 3.23. The SMILES string of the molecule is CC(C)C(=O)N[C@H]1CCCN(C(=O)c2ccccc2OC2CCC2)C1. The average Bonchev–Trinajstić information content (AvgIpc) is 2.58. The van der Waals surface area contributed by atoms with Crippen molar-refractivity contribution >= 4 is 11.8 Å². The van der Waals surface area contributed by atoms with Crippen molar-refractivity contribution in [2.45, 2.75) is 58.1 Å². The predicted molar refractivity (Wildman–Crippen MR) is 96.6 cm³/mol. The molecule has 5 heteroatoms. The van der Waals surface area contributed by atoms with Crippen LogP contribution in [0.15, 0.2) is 24.3 Å². The summed E-state index contributed by atoms with van der Waals surface area (Å²) in [6, 6.07) is 7.54. The van der Waals surface area contributed by atoms with Crippen LogP contribution in [0.3, 0.4) is 0 Å². The van der Waals surface area contributed by atoms with Crippen molar-refractivity contribution in [1.29, 1.82) is 0 Å². The minimum atomic E-state index is -0.0392. The first-order chi connectivity index (χ1) is 12.0. The van der Waals surface area contributed by atoms with E-state index in [0.29, 0.717) is 17.9 Å². The molecule has 5 nitrogen and oxygen atoms in total. The van der Waals surface area contributed by atoms with Gasteiger partial charge in [0.2, 0.25) is 5.91 Å². The molecular formula is C20H28N2O3. The maximum atomic E-state index is 13.0. The smallest absolute Gasteiger partial charge is 0.257 e. The van der Waals surface area contributed by atoms with E-state index in [1.807, 2.05) is 43.0 Å². The minimum absolute atomic E-state index is 0.00146. The molecule has 1 aliphatic heterocycles. The van der Waals surface area contributed by atoms with Gasteiger partial charge in [-0.25, -0.2) is 0 Å². The predicted octanol–water partition coefficient (Wildman–Crippen LogP) is 2.99. The Bertz CT molecular complexity index is 625. The highest BCUT2D eigenvalue weighted by Gasteiger charge is 2.28. The molecule has 2 amide bonds. The van der Waals surface area contributed by atoms with Crippen LogP contribution in [0.4, 0.5) is 0 Å². The molecule has 0 unspecified atom stereocenters. The molecule has 0 spiro atoms. The van der Waals surface area contributed by atoms with Crippen LogP contribution in [0.1, 0.15) is 56.3 Å². The lowest BCUT2D eigenvalue weighted by Gasteiger charge is -2.34. The topological polar surface area (TPSA) is 58.6 Å². The van der Waals surface area contributed by atoms with Crippen LogP contribution in [0, 0.1) is 5.92 Å². The highest BCUT2D eigenvalue weighted by Crippen LogP contribution is 2.28. The van der Waals surface area contributed by atoms with Gasteiger partial charge in [-0.3, -0.25) is 9.59 Å². The number of rotatable bonds is 5. The molecule has 1 aliphatic carbocycles. The van der Waals surface area contributed by atoms with E-state index in [4.69, 9.17) is 4.74 Å². The van der Waals surface area contributed by atoms with Crippen molar-refractivity contribution in [3.05, 3.63) is 29.8 Å². The fourth-order valence-corrected chi connectivity index (χ4v) is 3.23. The molecule has 0 aromatic heterocycles. The summed E-state index contributed by atoms with van der Waals surface area (Å²) in [6.07, 6.45) is 5.39. The Kier molecular flexibility index (Phi) is 5.61. The van der Waals surface area contributed by atoms with Crippen molar-refractivity contribution in [3.63, 3.8) is 0 Å². The number of carbonyl (C=O) groups is 2. The van der Waals surface area contributed by atoms with Crippen LogP contribution in [-0.4, -0.2) is 41.9 Å². The number of nitrogens with zero attached hydrogens (tertiary/aromatic N) is 1. The Morgan fingerprint density at radius 3 is 2.60 bits per heavy atom. The van der Waals surface area contributed by atoms with Crippen LogP contribution in [0.5, 0.6) is 5.75 Å². The second-order valence-corrected chi connectivity index (χ2v) is 7.42. The summed E-state index contributed by atoms with van der Waals surface area (Å²) in [6.45, 7) is 5.06. The molecule has 1 aromatic rings. The third-order valence-electron chi connectivity index (χ3n) is 5.04. The number of piperidine rings is 1. The fraction of sp³-hybridized carbons (Fsp3) is 0.600. The Hall–Kier alpha value is -2.04. The van der Waals surface area contributed by atoms with Gasteiger partial charge in [-0.2, -0.15) is 0 Å². The highest BCUT2D eigenvalue weighted by atomic mass is 16.5. The third kappa shape index (κ3) is 4.33. The van der Waals surface area contributed by atoms with Crippen LogP contribution < -0.4 is 10.1 Å². The molecule has 3 rings (SSSR count). The Labute approximate surface area is 149 Å². The van der Waals surface area contributed by atoms with Crippen LogP contribution >= 0.6 is 0 Å². The van der Waals surface area contributed by atoms with Gasteiger partial charge >= 0.3 is 0 Å². The van der Waals surface area contributed by atoms with Crippen molar-refractivity contribution in [1.82, 2.24) is 10.2 Å². The van der Waals surface area contributed by atoms with Gasteiger partial charge in [0.1, 0.15) is 5.75 Å². The summed E-state index contributed by atoms with van der Waals surface area (Å²) in [7, 11) is 0. The standard InChI is InChI=1S/C20H28N2O3/c1-14(2)19(23)21-15-7-6-12-22(13-15)20(24)17-10-3-4-11-18(17)25-16-8-5-9-16/h3-4,10-11,14-16H,5-9,12-13H2,1-2H3,(H,21,23)/t15-/m0/s1. The summed E-state index contributed by atoms with van der Waals surface area (Å²) in [5, 5.41) is 3.06. The van der Waals surface area contributed by atoms with Gasteiger partial charge in [0.25, 0.3) is 5.91 Å². The van der Waals surface area contributed by atoms with Gasteiger partial charge in [-0.05, 0) is 44.2 Å². The van der Waals surface area contributed by atoms with Gasteiger partial charge < -0.3 is 15.0 Å². The molecule has 1 atom stereocenters. The molecule has 1 saturated heterocycles. The lowest BCUT2D eigenvalue weighted by molar-refractivity contribution is -0.125. The largest absolute Gasteiger partial charge is 0.490 e. The summed E-state index contributed by atoms with van der Waals surface area (Å²) < 4.78 is 6.00. The summed E-state index contributed by atoms with van der Waals surface area (Å²) in [4.78, 5) is 26.8. The number of benzene rings is 1. The van der Waals surface area contributed by atoms with Crippen molar-refractivity contribution in [2.75, 3.05) is 13.1 Å². The zero-order valence-electron chi connectivity index (χ0n) is 15.2. The zero-order valence-corrected chi connectivity index (χ0v) is 15.2. The molecule has 0 bridgehead atoms. The Morgan fingerprint density at radius 1 is 1.16 bits per heavy atom. The maximum absolute atomic E-state index is 13.0. The lowest BCUT2D eigenvalue weighted by atomic mass is 9.96. The van der Waals surface area contributed by atoms with Gasteiger partial charge in [0.05, 0.1) is 11.7 Å². The molecule has 2 fully saturated rings. The van der Waals surface area contributed by atoms with E-state index in [9.17, 15) is 9.59 Å². The molecule has 1 saturated carbocycles. The first-order valence-electron chi connectivity index (χ1n) is 9.40. The van der Waals surface area contributed by atoms with Crippen LogP contribution in [0.25, 0.3) is 0 Å². The summed E-state index contributed by atoms with van der Waals surface area (Å²) >= 11 is 0. The second-order valence-electron chi connectivity index (χ2n) is 7.42. The number of hydrogen-bond donors (Lipinski definition) is 1. The van der Waals surface area contributed by atoms with E-state index in [1.165, 1.54) is 6.42 Å². The van der Waals surface area contributed by atoms with E-state index in [1.54, 1.807) is 0 Å². The van der Waals surface area contributed by atoms with Gasteiger partial charge in [-0.1, -0.05) is 26.0 Å². The summed E-state index contributed by atoms with van der Waals surface area (Å²) in [5.74, 6) is 0.694. The van der Waals surface area contributed by atoms with Crippen LogP contribution in [-0.2, 0) is 4.79 Å². The molecule has 2 aliphatic rings. The van der Waals surface area contributed by atoms with E-state index in [0.717, 1.165) is 32.2 Å². The Balaban J connectivity index is 1.67. The summed E-state index contributed by atoms with van der Waals surface area (Å²) in [5.41, 5.74) is 0.630. The lowest BCUT2D eigenvalue weighted by Crippen LogP contribution is -2.50. The van der Waals surface area contributed by atoms with E-state index < -0.39 is 0 Å². The zero-order chi connectivity index (χ0) is 17.8. The number of hydrogen-bond acceptors (Lipinski definition) is 3. The quantitative estimate of drug-likeness (QED) is 0.893. The highest BCUT2D eigenvalue weighted by molar-refractivity contribution is 5.97. The van der Waals surface area contributed by atoms with Crippen molar-refractivity contribution < 1.29 is 14.3 Å². The number of carbonyl (C=O) groups excluding carboxylic acids is 2. The molecular weight excluding hydrogens is 316 g/mol. The van der Waals surface area contributed by atoms with Crippen molar-refractivity contribution in [2.24, 2.45) is 5.92 Å². The van der Waals surface area contributed by atoms with E-state index in [2.05, 4.69) is 5.32 Å². The number of nitrogens with one attached hydrogen (secondary N) is 1. The minimum Gasteiger partial charge on any atom is -0.490 e. The molecule has 25 heavy (non-hydrogen) atoms. The molecule has 1 heterocycles. The number of amides is 2. The first-order valence-corrected chi connectivity index (χ1v) is 9.40. The molecule has 0 radical (unpaired) electrons. The molecule has 1 aromatic carbocycles. The first kappa shape index (κ1) is 17.8. The molecule has 1 N–H and O–H groups in total. The van der Waals surface area contributed by atoms with Gasteiger partial charge in [0.15, 0.2) is 0 Å². The molecule has 136 valence electrons. The van der Waals surface area contributed by atoms with E-state index >= 15 is 0 Å². The van der Waals surface area contributed by atoms with Gasteiger partial charge in [0, 0.05) is 25.0 Å². The third-order valence-corrected chi connectivity index (χ3v) is 5.04. The number of ether oxygens (including phenoxy) is 1. The Morgan fingerprint density at radius 2 is 1.92 bits per heavy atom. The van der Waals surface area contributed by atoms with Gasteiger partial charge in [-0.15, -0.1) is 0 Å². The van der Waals surface area contributed by atoms with Crippen LogP contribution in [0.2, 0.25) is 0 Å². The van der Waals surface area contributed by atoms with Crippen molar-refractivity contribution in [3.8, 4) is 5.75 Å². The average molecular weight is 344 g/mol. The maximum Gasteiger partial charge on any atom is 0.257 e. The monoisotopic (exact) mass is 344 g/mol. The van der Waals surface area contributed by atoms with E-state index in [-0.39, 0.29) is 29.9 Å². The number of likely N-dealkylation sites (tertiary alicyclic amines) is 1. The second kappa shape index (κ2) is 7.89. The normalized spacial score (nSPS) is 20.9. The number of para-hydroxylation sites is 1.